The fourth-order valence-electron chi connectivity index (χ4n) is 4.75. The van der Waals surface area contributed by atoms with E-state index in [1.807, 2.05) is 0 Å². The molecule has 0 fully saturated rings. The number of hydrogen-bond acceptors (Lipinski definition) is 0. The first-order valence-electron chi connectivity index (χ1n) is 10.2. The van der Waals surface area contributed by atoms with Gasteiger partial charge in [0.1, 0.15) is 0 Å². The van der Waals surface area contributed by atoms with Crippen molar-refractivity contribution >= 4 is 27.6 Å². The lowest BCUT2D eigenvalue weighted by atomic mass is 9.85. The van der Waals surface area contributed by atoms with Gasteiger partial charge in [0, 0.05) is 5.92 Å². The van der Waals surface area contributed by atoms with Gasteiger partial charge in [-0.05, 0) is 49.4 Å². The molecule has 5 aromatic carbocycles. The quantitative estimate of drug-likeness (QED) is 0.298. The van der Waals surface area contributed by atoms with Crippen LogP contribution in [-0.4, -0.2) is 0 Å². The summed E-state index contributed by atoms with van der Waals surface area (Å²) in [4.78, 5) is 0. The zero-order valence-electron chi connectivity index (χ0n) is 16.0. The van der Waals surface area contributed by atoms with Gasteiger partial charge in [0.25, 0.3) is 0 Å². The first kappa shape index (κ1) is 16.3. The van der Waals surface area contributed by atoms with Crippen LogP contribution in [0, 0.1) is 0 Å². The van der Waals surface area contributed by atoms with Crippen LogP contribution >= 0.6 is 0 Å². The Morgan fingerprint density at radius 2 is 1.24 bits per heavy atom. The predicted molar refractivity (Wildman–Crippen MR) is 124 cm³/mol. The van der Waals surface area contributed by atoms with Crippen molar-refractivity contribution in [2.45, 2.75) is 5.92 Å². The zero-order valence-corrected chi connectivity index (χ0v) is 16.0. The Hall–Kier alpha value is -3.64. The van der Waals surface area contributed by atoms with Crippen LogP contribution in [-0.2, 0) is 0 Å². The maximum absolute atomic E-state index is 2.35. The number of fused-ring (bicyclic) bond motifs is 3. The number of allylic oxidation sites excluding steroid dienone is 1. The third-order valence-corrected chi connectivity index (χ3v) is 6.13. The van der Waals surface area contributed by atoms with E-state index < -0.39 is 0 Å². The molecule has 0 saturated heterocycles. The standard InChI is InChI=1S/C29H20/c1-2-9-23-19-24(16-15-20(23)7-1)26-18-17-22-11-6-14-28(29(22)26)27-13-5-10-21-8-3-4-12-25(21)27/h1-19,26H. The SMILES string of the molecule is C1=CC(c2ccc3ccccc3c2)c2c1cccc2-c1cccc2ccccc12. The van der Waals surface area contributed by atoms with Crippen molar-refractivity contribution in [3.63, 3.8) is 0 Å². The average Bonchev–Trinajstić information content (AvgIpc) is 3.23. The minimum atomic E-state index is 0.282. The van der Waals surface area contributed by atoms with Gasteiger partial charge in [-0.2, -0.15) is 0 Å². The molecule has 0 spiro atoms. The van der Waals surface area contributed by atoms with Crippen molar-refractivity contribution < 1.29 is 0 Å². The van der Waals surface area contributed by atoms with E-state index in [0.29, 0.717) is 0 Å². The highest BCUT2D eigenvalue weighted by Crippen LogP contribution is 2.43. The third kappa shape index (κ3) is 2.61. The maximum atomic E-state index is 2.35. The molecular formula is C29H20. The maximum Gasteiger partial charge on any atom is 0.0285 e. The summed E-state index contributed by atoms with van der Waals surface area (Å²) < 4.78 is 0. The lowest BCUT2D eigenvalue weighted by Gasteiger charge is -2.18. The van der Waals surface area contributed by atoms with E-state index in [1.54, 1.807) is 0 Å². The van der Waals surface area contributed by atoms with E-state index in [0.717, 1.165) is 0 Å². The normalized spacial score (nSPS) is 15.1. The van der Waals surface area contributed by atoms with Crippen molar-refractivity contribution in [3.8, 4) is 11.1 Å². The second-order valence-corrected chi connectivity index (χ2v) is 7.78. The molecule has 0 saturated carbocycles. The van der Waals surface area contributed by atoms with Crippen LogP contribution in [0.15, 0.2) is 109 Å². The fraction of sp³-hybridized carbons (Fsp3) is 0.0345. The Bertz CT molecular complexity index is 1400. The van der Waals surface area contributed by atoms with Gasteiger partial charge in [0.2, 0.25) is 0 Å². The molecule has 0 radical (unpaired) electrons. The van der Waals surface area contributed by atoms with Crippen LogP contribution < -0.4 is 0 Å². The Labute approximate surface area is 170 Å². The second-order valence-electron chi connectivity index (χ2n) is 7.78. The zero-order chi connectivity index (χ0) is 19.2. The Balaban J connectivity index is 1.57. The fourth-order valence-corrected chi connectivity index (χ4v) is 4.75. The highest BCUT2D eigenvalue weighted by Gasteiger charge is 2.23. The van der Waals surface area contributed by atoms with E-state index >= 15 is 0 Å². The van der Waals surface area contributed by atoms with Crippen LogP contribution in [0.4, 0.5) is 0 Å². The number of rotatable bonds is 2. The Kier molecular flexibility index (Phi) is 3.64. The third-order valence-electron chi connectivity index (χ3n) is 6.13. The topological polar surface area (TPSA) is 0 Å². The molecule has 0 N–H and O–H groups in total. The van der Waals surface area contributed by atoms with E-state index in [1.165, 1.54) is 49.4 Å². The van der Waals surface area contributed by atoms with Crippen molar-refractivity contribution in [2.24, 2.45) is 0 Å². The van der Waals surface area contributed by atoms with Gasteiger partial charge in [-0.1, -0.05) is 115 Å². The second kappa shape index (κ2) is 6.46. The highest BCUT2D eigenvalue weighted by molar-refractivity contribution is 5.98. The first-order chi connectivity index (χ1) is 14.4. The summed E-state index contributed by atoms with van der Waals surface area (Å²) >= 11 is 0. The van der Waals surface area contributed by atoms with Crippen molar-refractivity contribution in [1.82, 2.24) is 0 Å². The molecule has 0 amide bonds. The molecular weight excluding hydrogens is 348 g/mol. The van der Waals surface area contributed by atoms with Crippen LogP contribution in [0.5, 0.6) is 0 Å². The summed E-state index contributed by atoms with van der Waals surface area (Å²) in [5, 5.41) is 5.19. The average molecular weight is 368 g/mol. The van der Waals surface area contributed by atoms with Crippen LogP contribution in [0.1, 0.15) is 22.6 Å². The van der Waals surface area contributed by atoms with Gasteiger partial charge in [0.15, 0.2) is 0 Å². The monoisotopic (exact) mass is 368 g/mol. The molecule has 0 aromatic heterocycles. The Morgan fingerprint density at radius 3 is 2.17 bits per heavy atom. The van der Waals surface area contributed by atoms with E-state index in [-0.39, 0.29) is 5.92 Å². The summed E-state index contributed by atoms with van der Waals surface area (Å²) in [6.45, 7) is 0. The highest BCUT2D eigenvalue weighted by atomic mass is 14.3. The molecule has 29 heavy (non-hydrogen) atoms. The molecule has 1 aliphatic carbocycles. The summed E-state index contributed by atoms with van der Waals surface area (Å²) in [5.74, 6) is 0.282. The molecule has 136 valence electrons. The molecule has 5 aromatic rings. The summed E-state index contributed by atoms with van der Waals surface area (Å²) in [6, 6.07) is 37.5. The van der Waals surface area contributed by atoms with Crippen LogP contribution in [0.3, 0.4) is 0 Å². The van der Waals surface area contributed by atoms with E-state index in [2.05, 4.69) is 115 Å². The number of hydrogen-bond donors (Lipinski definition) is 0. The van der Waals surface area contributed by atoms with Crippen molar-refractivity contribution in [1.29, 1.82) is 0 Å². The van der Waals surface area contributed by atoms with Gasteiger partial charge < -0.3 is 0 Å². The molecule has 0 heteroatoms. The lowest BCUT2D eigenvalue weighted by molar-refractivity contribution is 1.06. The minimum absolute atomic E-state index is 0.282. The number of benzene rings is 5. The van der Waals surface area contributed by atoms with E-state index in [9.17, 15) is 0 Å². The van der Waals surface area contributed by atoms with E-state index in [4.69, 9.17) is 0 Å². The minimum Gasteiger partial charge on any atom is -0.0720 e. The molecule has 1 unspecified atom stereocenters. The molecule has 0 bridgehead atoms. The van der Waals surface area contributed by atoms with Crippen LogP contribution in [0.2, 0.25) is 0 Å². The smallest absolute Gasteiger partial charge is 0.0285 e. The van der Waals surface area contributed by atoms with Gasteiger partial charge in [-0.15, -0.1) is 0 Å². The van der Waals surface area contributed by atoms with Crippen LogP contribution in [0.25, 0.3) is 38.7 Å². The molecule has 0 nitrogen and oxygen atoms in total. The molecule has 0 aliphatic heterocycles. The predicted octanol–water partition coefficient (Wildman–Crippen LogP) is 7.82. The van der Waals surface area contributed by atoms with Gasteiger partial charge in [-0.3, -0.25) is 0 Å². The summed E-state index contributed by atoms with van der Waals surface area (Å²) in [7, 11) is 0. The van der Waals surface area contributed by atoms with Gasteiger partial charge in [-0.25, -0.2) is 0 Å². The van der Waals surface area contributed by atoms with Gasteiger partial charge >= 0.3 is 0 Å². The molecule has 0 heterocycles. The summed E-state index contributed by atoms with van der Waals surface area (Å²) in [6.07, 6.45) is 4.63. The Morgan fingerprint density at radius 1 is 0.517 bits per heavy atom. The van der Waals surface area contributed by atoms with Gasteiger partial charge in [0.05, 0.1) is 0 Å². The van der Waals surface area contributed by atoms with Crippen molar-refractivity contribution in [3.05, 3.63) is 126 Å². The largest absolute Gasteiger partial charge is 0.0720 e. The summed E-state index contributed by atoms with van der Waals surface area (Å²) in [5.41, 5.74) is 6.75. The van der Waals surface area contributed by atoms with Crippen molar-refractivity contribution in [2.75, 3.05) is 0 Å². The molecule has 6 rings (SSSR count). The first-order valence-corrected chi connectivity index (χ1v) is 10.2. The lowest BCUT2D eigenvalue weighted by Crippen LogP contribution is -1.99. The molecule has 1 atom stereocenters. The molecule has 1 aliphatic rings.